The molecule has 0 bridgehead atoms. The van der Waals surface area contributed by atoms with Gasteiger partial charge < -0.3 is 0 Å². The van der Waals surface area contributed by atoms with Crippen LogP contribution in [0.15, 0.2) is 41.9 Å². The van der Waals surface area contributed by atoms with Gasteiger partial charge in [0.15, 0.2) is 0 Å². The maximum absolute atomic E-state index is 13.3. The summed E-state index contributed by atoms with van der Waals surface area (Å²) in [5.41, 5.74) is 2.25. The van der Waals surface area contributed by atoms with E-state index in [-0.39, 0.29) is 5.82 Å². The monoisotopic (exact) mass is 251 g/mol. The molecule has 0 radical (unpaired) electrons. The minimum atomic E-state index is -0.380. The highest BCUT2D eigenvalue weighted by Crippen LogP contribution is 2.28. The van der Waals surface area contributed by atoms with Crippen molar-refractivity contribution in [3.8, 4) is 17.3 Å². The van der Waals surface area contributed by atoms with Crippen molar-refractivity contribution < 1.29 is 4.39 Å². The standard InChI is InChI=1S/C15H10FN3/c1-3-13-14(18-2)8-11(9-17)15(19-13)10-5-4-6-12(16)7-10/h3-8H,1-2H2. The minimum absolute atomic E-state index is 0.318. The molecule has 1 aromatic carbocycles. The Bertz CT molecular complexity index is 699. The van der Waals surface area contributed by atoms with Crippen LogP contribution in [-0.2, 0) is 0 Å². The zero-order valence-electron chi connectivity index (χ0n) is 10.1. The van der Waals surface area contributed by atoms with Crippen molar-refractivity contribution >= 4 is 18.5 Å². The van der Waals surface area contributed by atoms with Crippen LogP contribution in [0.3, 0.4) is 0 Å². The summed E-state index contributed by atoms with van der Waals surface area (Å²) in [6.45, 7) is 7.06. The summed E-state index contributed by atoms with van der Waals surface area (Å²) in [6.07, 6.45) is 1.52. The van der Waals surface area contributed by atoms with Crippen LogP contribution < -0.4 is 0 Å². The van der Waals surface area contributed by atoms with E-state index < -0.39 is 0 Å². The third-order valence-corrected chi connectivity index (χ3v) is 2.61. The third kappa shape index (κ3) is 2.40. The smallest absolute Gasteiger partial charge is 0.123 e. The Morgan fingerprint density at radius 2 is 2.16 bits per heavy atom. The summed E-state index contributed by atoms with van der Waals surface area (Å²) in [6, 6.07) is 9.53. The van der Waals surface area contributed by atoms with Gasteiger partial charge in [-0.25, -0.2) is 9.37 Å². The second-order valence-corrected chi connectivity index (χ2v) is 3.77. The molecular weight excluding hydrogens is 241 g/mol. The lowest BCUT2D eigenvalue weighted by Crippen LogP contribution is -1.93. The number of aliphatic imine (C=N–C) groups is 1. The van der Waals surface area contributed by atoms with Crippen molar-refractivity contribution in [2.24, 2.45) is 4.99 Å². The van der Waals surface area contributed by atoms with Crippen molar-refractivity contribution in [3.63, 3.8) is 0 Å². The van der Waals surface area contributed by atoms with Crippen molar-refractivity contribution in [2.45, 2.75) is 0 Å². The molecule has 0 unspecified atom stereocenters. The highest BCUT2D eigenvalue weighted by Gasteiger charge is 2.11. The molecule has 0 aliphatic heterocycles. The summed E-state index contributed by atoms with van der Waals surface area (Å²) in [5.74, 6) is -0.380. The molecule has 1 heterocycles. The first-order valence-corrected chi connectivity index (χ1v) is 5.50. The Hall–Kier alpha value is -2.80. The van der Waals surface area contributed by atoms with E-state index in [2.05, 4.69) is 23.3 Å². The predicted molar refractivity (Wildman–Crippen MR) is 73.6 cm³/mol. The highest BCUT2D eigenvalue weighted by atomic mass is 19.1. The predicted octanol–water partition coefficient (Wildman–Crippen LogP) is 3.73. The fourth-order valence-electron chi connectivity index (χ4n) is 1.73. The average Bonchev–Trinajstić information content (AvgIpc) is 2.45. The number of halogens is 1. The largest absolute Gasteiger partial charge is 0.262 e. The van der Waals surface area contributed by atoms with Gasteiger partial charge in [-0.05, 0) is 31.0 Å². The molecule has 0 atom stereocenters. The van der Waals surface area contributed by atoms with E-state index in [9.17, 15) is 4.39 Å². The van der Waals surface area contributed by atoms with Gasteiger partial charge in [0, 0.05) is 5.56 Å². The molecule has 0 amide bonds. The fourth-order valence-corrected chi connectivity index (χ4v) is 1.73. The first kappa shape index (κ1) is 12.7. The molecule has 0 aliphatic carbocycles. The van der Waals surface area contributed by atoms with E-state index in [0.717, 1.165) is 0 Å². The van der Waals surface area contributed by atoms with Crippen molar-refractivity contribution in [2.75, 3.05) is 0 Å². The molecule has 1 aromatic heterocycles. The van der Waals surface area contributed by atoms with E-state index in [1.54, 1.807) is 18.2 Å². The van der Waals surface area contributed by atoms with Crippen LogP contribution in [-0.4, -0.2) is 11.7 Å². The normalized spacial score (nSPS) is 9.68. The third-order valence-electron chi connectivity index (χ3n) is 2.61. The molecule has 3 nitrogen and oxygen atoms in total. The summed E-state index contributed by atoms with van der Waals surface area (Å²) in [4.78, 5) is 8.10. The van der Waals surface area contributed by atoms with E-state index in [1.165, 1.54) is 18.2 Å². The zero-order valence-corrected chi connectivity index (χ0v) is 10.1. The van der Waals surface area contributed by atoms with Gasteiger partial charge in [0.2, 0.25) is 0 Å². The van der Waals surface area contributed by atoms with Gasteiger partial charge in [0.1, 0.15) is 11.9 Å². The fraction of sp³-hybridized carbons (Fsp3) is 0. The molecule has 0 saturated carbocycles. The zero-order chi connectivity index (χ0) is 13.8. The number of nitriles is 1. The molecular formula is C15H10FN3. The van der Waals surface area contributed by atoms with Crippen LogP contribution in [0.2, 0.25) is 0 Å². The summed E-state index contributed by atoms with van der Waals surface area (Å²) in [7, 11) is 0. The molecule has 92 valence electrons. The molecule has 0 saturated heterocycles. The van der Waals surface area contributed by atoms with E-state index in [1.807, 2.05) is 6.07 Å². The second kappa shape index (κ2) is 5.23. The van der Waals surface area contributed by atoms with Crippen LogP contribution in [0.4, 0.5) is 10.1 Å². The highest BCUT2D eigenvalue weighted by molar-refractivity contribution is 5.73. The summed E-state index contributed by atoms with van der Waals surface area (Å²) >= 11 is 0. The lowest BCUT2D eigenvalue weighted by Gasteiger charge is -2.07. The van der Waals surface area contributed by atoms with Gasteiger partial charge in [0.25, 0.3) is 0 Å². The number of aromatic nitrogens is 1. The first-order valence-electron chi connectivity index (χ1n) is 5.50. The molecule has 0 aliphatic rings. The van der Waals surface area contributed by atoms with Crippen LogP contribution in [0.5, 0.6) is 0 Å². The number of benzene rings is 1. The lowest BCUT2D eigenvalue weighted by molar-refractivity contribution is 0.628. The van der Waals surface area contributed by atoms with Gasteiger partial charge in [0.05, 0.1) is 22.6 Å². The maximum Gasteiger partial charge on any atom is 0.123 e. The SMILES string of the molecule is C=Cc1nc(-c2cccc(F)c2)c(C#N)cc1N=C. The topological polar surface area (TPSA) is 49.0 Å². The molecule has 0 fully saturated rings. The molecule has 0 spiro atoms. The van der Waals surface area contributed by atoms with Gasteiger partial charge >= 0.3 is 0 Å². The molecule has 0 N–H and O–H groups in total. The van der Waals surface area contributed by atoms with E-state index >= 15 is 0 Å². The van der Waals surface area contributed by atoms with E-state index in [4.69, 9.17) is 5.26 Å². The van der Waals surface area contributed by atoms with Gasteiger partial charge in [-0.15, -0.1) is 0 Å². The number of hydrogen-bond donors (Lipinski definition) is 0. The maximum atomic E-state index is 13.3. The van der Waals surface area contributed by atoms with Crippen molar-refractivity contribution in [1.82, 2.24) is 4.98 Å². The van der Waals surface area contributed by atoms with Crippen LogP contribution in [0.25, 0.3) is 17.3 Å². The Kier molecular flexibility index (Phi) is 3.48. The number of rotatable bonds is 3. The Morgan fingerprint density at radius 3 is 2.74 bits per heavy atom. The Balaban J connectivity index is 2.72. The summed E-state index contributed by atoms with van der Waals surface area (Å²) < 4.78 is 13.3. The van der Waals surface area contributed by atoms with Crippen LogP contribution in [0.1, 0.15) is 11.3 Å². The minimum Gasteiger partial charge on any atom is -0.262 e. The van der Waals surface area contributed by atoms with Gasteiger partial charge in [-0.2, -0.15) is 5.26 Å². The summed E-state index contributed by atoms with van der Waals surface area (Å²) in [5, 5.41) is 9.16. The van der Waals surface area contributed by atoms with Gasteiger partial charge in [-0.3, -0.25) is 4.99 Å². The second-order valence-electron chi connectivity index (χ2n) is 3.77. The lowest BCUT2D eigenvalue weighted by atomic mass is 10.0. The Labute approximate surface area is 110 Å². The van der Waals surface area contributed by atoms with Crippen LogP contribution in [0, 0.1) is 17.1 Å². The van der Waals surface area contributed by atoms with Crippen LogP contribution >= 0.6 is 0 Å². The number of hydrogen-bond acceptors (Lipinski definition) is 3. The number of nitrogens with zero attached hydrogens (tertiary/aromatic N) is 3. The Morgan fingerprint density at radius 1 is 1.37 bits per heavy atom. The van der Waals surface area contributed by atoms with Crippen molar-refractivity contribution in [3.05, 3.63) is 54.0 Å². The molecule has 19 heavy (non-hydrogen) atoms. The average molecular weight is 251 g/mol. The van der Waals surface area contributed by atoms with Crippen molar-refractivity contribution in [1.29, 1.82) is 5.26 Å². The molecule has 4 heteroatoms. The molecule has 2 aromatic rings. The van der Waals surface area contributed by atoms with E-state index in [0.29, 0.717) is 28.2 Å². The van der Waals surface area contributed by atoms with Gasteiger partial charge in [-0.1, -0.05) is 18.7 Å². The quantitative estimate of drug-likeness (QED) is 0.780. The first-order chi connectivity index (χ1) is 9.19. The molecule has 2 rings (SSSR count). The number of pyridine rings is 1.